The molecule has 1 atom stereocenters. The molecule has 0 spiro atoms. The number of nitrogens with zero attached hydrogens (tertiary/aromatic N) is 2. The van der Waals surface area contributed by atoms with Crippen LogP contribution in [0.5, 0.6) is 0 Å². The maximum absolute atomic E-state index is 13.3. The Hall–Kier alpha value is -2.45. The zero-order valence-corrected chi connectivity index (χ0v) is 15.9. The summed E-state index contributed by atoms with van der Waals surface area (Å²) in [5.41, 5.74) is 1.53. The molecule has 27 heavy (non-hydrogen) atoms. The van der Waals surface area contributed by atoms with Crippen LogP contribution in [0.1, 0.15) is 23.7 Å². The third kappa shape index (κ3) is 4.84. The van der Waals surface area contributed by atoms with Gasteiger partial charge in [-0.3, -0.25) is 4.79 Å². The molecule has 1 heterocycles. The van der Waals surface area contributed by atoms with Crippen molar-refractivity contribution in [1.82, 2.24) is 15.5 Å². The minimum absolute atomic E-state index is 0.0106. The Kier molecular flexibility index (Phi) is 5.35. The summed E-state index contributed by atoms with van der Waals surface area (Å²) in [6.45, 7) is 0. The molecule has 0 radical (unpaired) electrons. The van der Waals surface area contributed by atoms with E-state index in [1.165, 1.54) is 35.2 Å². The van der Waals surface area contributed by atoms with Crippen molar-refractivity contribution in [2.24, 2.45) is 0 Å². The number of benzene rings is 2. The highest BCUT2D eigenvalue weighted by molar-refractivity contribution is 8.01. The fourth-order valence-corrected chi connectivity index (χ4v) is 4.48. The first-order valence-corrected chi connectivity index (χ1v) is 10.2. The molecule has 1 aromatic heterocycles. The van der Waals surface area contributed by atoms with E-state index >= 15 is 0 Å². The Balaban J connectivity index is 1.49. The maximum Gasteiger partial charge on any atom is 0.238 e. The van der Waals surface area contributed by atoms with Gasteiger partial charge in [0.25, 0.3) is 0 Å². The van der Waals surface area contributed by atoms with Crippen LogP contribution in [0.2, 0.25) is 0 Å². The molecule has 1 amide bonds. The molecule has 5 nitrogen and oxygen atoms in total. The lowest BCUT2D eigenvalue weighted by molar-refractivity contribution is -0.120. The number of nitrogens with one attached hydrogen (secondary N) is 2. The van der Waals surface area contributed by atoms with E-state index in [9.17, 15) is 9.18 Å². The van der Waals surface area contributed by atoms with Crippen LogP contribution in [-0.2, 0) is 4.79 Å². The summed E-state index contributed by atoms with van der Waals surface area (Å²) < 4.78 is 14.0. The summed E-state index contributed by atoms with van der Waals surface area (Å²) >= 11 is 2.71. The molecular formula is C19H17FN4OS2. The summed E-state index contributed by atoms with van der Waals surface area (Å²) in [7, 11) is 0. The maximum atomic E-state index is 13.3. The van der Waals surface area contributed by atoms with Crippen molar-refractivity contribution in [2.45, 2.75) is 28.5 Å². The second kappa shape index (κ2) is 8.06. The van der Waals surface area contributed by atoms with Crippen LogP contribution in [0.4, 0.5) is 15.2 Å². The second-order valence-corrected chi connectivity index (χ2v) is 8.53. The van der Waals surface area contributed by atoms with E-state index in [0.29, 0.717) is 21.2 Å². The number of carbonyl (C=O) groups is 1. The Bertz CT molecular complexity index is 930. The average molecular weight is 401 g/mol. The third-order valence-electron chi connectivity index (χ3n) is 3.97. The van der Waals surface area contributed by atoms with Gasteiger partial charge in [0.1, 0.15) is 11.1 Å². The predicted molar refractivity (Wildman–Crippen MR) is 106 cm³/mol. The minimum atomic E-state index is -0.387. The number of amides is 1. The van der Waals surface area contributed by atoms with Crippen LogP contribution in [0.3, 0.4) is 0 Å². The van der Waals surface area contributed by atoms with Crippen molar-refractivity contribution in [3.05, 3.63) is 66.0 Å². The lowest BCUT2D eigenvalue weighted by Gasteiger charge is -2.15. The van der Waals surface area contributed by atoms with E-state index in [4.69, 9.17) is 0 Å². The Morgan fingerprint density at radius 3 is 2.70 bits per heavy atom. The number of hydrogen-bond acceptors (Lipinski definition) is 6. The third-order valence-corrected chi connectivity index (χ3v) is 6.14. The molecule has 0 saturated heterocycles. The normalized spacial score (nSPS) is 14.6. The Morgan fingerprint density at radius 1 is 1.15 bits per heavy atom. The molecule has 1 aliphatic rings. The number of aromatic nitrogens is 2. The molecule has 1 fully saturated rings. The van der Waals surface area contributed by atoms with Gasteiger partial charge >= 0.3 is 0 Å². The highest BCUT2D eigenvalue weighted by atomic mass is 32.2. The van der Waals surface area contributed by atoms with Gasteiger partial charge in [-0.05, 0) is 36.6 Å². The van der Waals surface area contributed by atoms with Crippen molar-refractivity contribution in [3.63, 3.8) is 0 Å². The second-order valence-electron chi connectivity index (χ2n) is 6.20. The molecule has 1 saturated carbocycles. The monoisotopic (exact) mass is 400 g/mol. The van der Waals surface area contributed by atoms with E-state index < -0.39 is 0 Å². The Labute approximate surface area is 164 Å². The van der Waals surface area contributed by atoms with Gasteiger partial charge in [-0.1, -0.05) is 59.5 Å². The molecule has 2 N–H and O–H groups in total. The van der Waals surface area contributed by atoms with Crippen molar-refractivity contribution in [1.29, 1.82) is 0 Å². The largest absolute Gasteiger partial charge is 0.352 e. The summed E-state index contributed by atoms with van der Waals surface area (Å²) in [4.78, 5) is 12.7. The van der Waals surface area contributed by atoms with E-state index in [-0.39, 0.29) is 17.0 Å². The lowest BCUT2D eigenvalue weighted by atomic mass is 10.1. The van der Waals surface area contributed by atoms with E-state index in [1.807, 2.05) is 30.3 Å². The molecule has 8 heteroatoms. The molecule has 0 bridgehead atoms. The van der Waals surface area contributed by atoms with Crippen molar-refractivity contribution in [3.8, 4) is 0 Å². The van der Waals surface area contributed by atoms with Gasteiger partial charge in [0.15, 0.2) is 4.34 Å². The molecule has 138 valence electrons. The van der Waals surface area contributed by atoms with Crippen LogP contribution in [0.15, 0.2) is 58.9 Å². The SMILES string of the molecule is O=C(NC1CC1)C(Sc1nnc(Nc2cccc(F)c2)s1)c1ccccc1. The smallest absolute Gasteiger partial charge is 0.238 e. The van der Waals surface area contributed by atoms with Crippen molar-refractivity contribution in [2.75, 3.05) is 5.32 Å². The van der Waals surface area contributed by atoms with Gasteiger partial charge in [-0.25, -0.2) is 4.39 Å². The van der Waals surface area contributed by atoms with Crippen molar-refractivity contribution < 1.29 is 9.18 Å². The first kappa shape index (κ1) is 17.9. The first-order valence-electron chi connectivity index (χ1n) is 8.55. The average Bonchev–Trinajstić information content (AvgIpc) is 3.37. The Morgan fingerprint density at radius 2 is 1.96 bits per heavy atom. The van der Waals surface area contributed by atoms with Crippen molar-refractivity contribution >= 4 is 39.8 Å². The van der Waals surface area contributed by atoms with Crippen LogP contribution < -0.4 is 10.6 Å². The fraction of sp³-hybridized carbons (Fsp3) is 0.211. The van der Waals surface area contributed by atoms with Gasteiger partial charge in [0.2, 0.25) is 11.0 Å². The number of halogens is 1. The van der Waals surface area contributed by atoms with Gasteiger partial charge in [0.05, 0.1) is 0 Å². The van der Waals surface area contributed by atoms with E-state index in [1.54, 1.807) is 12.1 Å². The van der Waals surface area contributed by atoms with Gasteiger partial charge in [-0.15, -0.1) is 10.2 Å². The highest BCUT2D eigenvalue weighted by Crippen LogP contribution is 2.39. The molecule has 2 aromatic carbocycles. The van der Waals surface area contributed by atoms with Crippen LogP contribution in [0, 0.1) is 5.82 Å². The van der Waals surface area contributed by atoms with Crippen LogP contribution in [-0.4, -0.2) is 22.1 Å². The summed E-state index contributed by atoms with van der Waals surface area (Å²) in [6, 6.07) is 16.1. The summed E-state index contributed by atoms with van der Waals surface area (Å²) in [5, 5.41) is 14.5. The predicted octanol–water partition coefficient (Wildman–Crippen LogP) is 4.53. The number of rotatable bonds is 7. The summed E-state index contributed by atoms with van der Waals surface area (Å²) in [6.07, 6.45) is 2.08. The van der Waals surface area contributed by atoms with Gasteiger partial charge < -0.3 is 10.6 Å². The number of anilines is 2. The van der Waals surface area contributed by atoms with Crippen LogP contribution in [0.25, 0.3) is 0 Å². The molecule has 4 rings (SSSR count). The zero-order valence-electron chi connectivity index (χ0n) is 14.3. The molecule has 1 unspecified atom stereocenters. The van der Waals surface area contributed by atoms with E-state index in [2.05, 4.69) is 20.8 Å². The topological polar surface area (TPSA) is 66.9 Å². The minimum Gasteiger partial charge on any atom is -0.352 e. The number of hydrogen-bond donors (Lipinski definition) is 2. The number of thioether (sulfide) groups is 1. The van der Waals surface area contributed by atoms with E-state index in [0.717, 1.165) is 18.4 Å². The fourth-order valence-electron chi connectivity index (χ4n) is 2.50. The quantitative estimate of drug-likeness (QED) is 0.570. The van der Waals surface area contributed by atoms with Crippen LogP contribution >= 0.6 is 23.1 Å². The molecule has 1 aliphatic carbocycles. The zero-order chi connectivity index (χ0) is 18.6. The lowest BCUT2D eigenvalue weighted by Crippen LogP contribution is -2.29. The molecular weight excluding hydrogens is 383 g/mol. The highest BCUT2D eigenvalue weighted by Gasteiger charge is 2.29. The standard InChI is InChI=1S/C19H17FN4OS2/c20-13-7-4-8-15(11-13)22-18-23-24-19(27-18)26-16(12-5-2-1-3-6-12)17(25)21-14-9-10-14/h1-8,11,14,16H,9-10H2,(H,21,25)(H,22,23). The van der Waals surface area contributed by atoms with Gasteiger partial charge in [-0.2, -0.15) is 0 Å². The molecule has 3 aromatic rings. The first-order chi connectivity index (χ1) is 13.2. The van der Waals surface area contributed by atoms with Gasteiger partial charge in [0, 0.05) is 11.7 Å². The molecule has 0 aliphatic heterocycles. The number of carbonyl (C=O) groups excluding carboxylic acids is 1. The summed E-state index contributed by atoms with van der Waals surface area (Å²) in [5.74, 6) is -0.330.